The van der Waals surface area contributed by atoms with Gasteiger partial charge in [-0.2, -0.15) is 5.10 Å². The van der Waals surface area contributed by atoms with E-state index in [-0.39, 0.29) is 11.3 Å². The van der Waals surface area contributed by atoms with Crippen LogP contribution in [0.2, 0.25) is 0 Å². The van der Waals surface area contributed by atoms with Crippen LogP contribution in [-0.2, 0) is 17.3 Å². The van der Waals surface area contributed by atoms with Crippen molar-refractivity contribution in [2.45, 2.75) is 31.2 Å². The zero-order valence-corrected chi connectivity index (χ0v) is 19.5. The number of carbonyl (C=O) groups is 1. The Morgan fingerprint density at radius 2 is 1.76 bits per heavy atom. The first-order chi connectivity index (χ1) is 16.5. The molecule has 1 fully saturated rings. The molecule has 2 heterocycles. The van der Waals surface area contributed by atoms with Crippen LogP contribution < -0.4 is 10.6 Å². The second-order valence-corrected chi connectivity index (χ2v) is 9.19. The highest BCUT2D eigenvalue weighted by atomic mass is 16.2. The van der Waals surface area contributed by atoms with Gasteiger partial charge in [0.1, 0.15) is 11.9 Å². The lowest BCUT2D eigenvalue weighted by Gasteiger charge is -2.23. The smallest absolute Gasteiger partial charge is 0.247 e. The summed E-state index contributed by atoms with van der Waals surface area (Å²) in [6.07, 6.45) is 7.75. The van der Waals surface area contributed by atoms with E-state index in [4.69, 9.17) is 0 Å². The number of nitrogens with one attached hydrogen (secondary N) is 2. The molecule has 6 heteroatoms. The molecule has 1 amide bonds. The van der Waals surface area contributed by atoms with Gasteiger partial charge in [0.05, 0.1) is 6.20 Å². The Labute approximate surface area is 200 Å². The van der Waals surface area contributed by atoms with Gasteiger partial charge >= 0.3 is 0 Å². The number of benzene rings is 2. The number of nitrogens with zero attached hydrogens (tertiary/aromatic N) is 3. The summed E-state index contributed by atoms with van der Waals surface area (Å²) in [7, 11) is 1.88. The van der Waals surface area contributed by atoms with E-state index in [9.17, 15) is 4.79 Å². The number of aryl methyl sites for hydroxylation is 2. The summed E-state index contributed by atoms with van der Waals surface area (Å²) < 4.78 is 1.75. The Morgan fingerprint density at radius 1 is 1.00 bits per heavy atom. The summed E-state index contributed by atoms with van der Waals surface area (Å²) >= 11 is 0. The van der Waals surface area contributed by atoms with E-state index in [2.05, 4.69) is 51.9 Å². The first-order valence-electron chi connectivity index (χ1n) is 11.6. The molecule has 0 unspecified atom stereocenters. The number of hydrogen-bond donors (Lipinski definition) is 2. The number of rotatable bonds is 8. The fourth-order valence-electron chi connectivity index (χ4n) is 4.34. The third-order valence-electron chi connectivity index (χ3n) is 6.61. The van der Waals surface area contributed by atoms with Crippen molar-refractivity contribution in [3.05, 3.63) is 102 Å². The third kappa shape index (κ3) is 4.77. The standard InChI is InChI=1S/C28H29N5O/c1-20-8-11-24(12-9-20)28(14-15-28)19-30-26(21-6-4-3-5-7-21)27(34)32-25-13-10-22(16-29-25)23-17-31-33(2)18-23/h3-13,16-18,26,30H,14-15,19H2,1-2H3,(H,29,32,34)/t26-/m1/s1. The van der Waals surface area contributed by atoms with Gasteiger partial charge in [0.25, 0.3) is 0 Å². The fraction of sp³-hybridized carbons (Fsp3) is 0.250. The van der Waals surface area contributed by atoms with E-state index in [1.165, 1.54) is 11.1 Å². The maximum absolute atomic E-state index is 13.4. The van der Waals surface area contributed by atoms with Gasteiger partial charge < -0.3 is 10.6 Å². The van der Waals surface area contributed by atoms with Crippen molar-refractivity contribution in [2.24, 2.45) is 7.05 Å². The Morgan fingerprint density at radius 3 is 2.38 bits per heavy atom. The fourth-order valence-corrected chi connectivity index (χ4v) is 4.34. The van der Waals surface area contributed by atoms with E-state index in [0.29, 0.717) is 5.82 Å². The minimum absolute atomic E-state index is 0.102. The number of hydrogen-bond acceptors (Lipinski definition) is 4. The molecule has 5 rings (SSSR count). The van der Waals surface area contributed by atoms with Gasteiger partial charge in [-0.05, 0) is 43.0 Å². The number of carbonyl (C=O) groups excluding carboxylic acids is 1. The van der Waals surface area contributed by atoms with Crippen LogP contribution in [0.3, 0.4) is 0 Å². The Balaban J connectivity index is 1.31. The van der Waals surface area contributed by atoms with Crippen molar-refractivity contribution in [3.8, 4) is 11.1 Å². The lowest BCUT2D eigenvalue weighted by atomic mass is 9.94. The van der Waals surface area contributed by atoms with Crippen molar-refractivity contribution < 1.29 is 4.79 Å². The second-order valence-electron chi connectivity index (χ2n) is 9.19. The van der Waals surface area contributed by atoms with Crippen molar-refractivity contribution in [1.29, 1.82) is 0 Å². The molecule has 6 nitrogen and oxygen atoms in total. The van der Waals surface area contributed by atoms with E-state index in [0.717, 1.165) is 36.1 Å². The molecule has 0 aliphatic heterocycles. The number of aromatic nitrogens is 3. The molecule has 1 saturated carbocycles. The normalized spacial score (nSPS) is 15.0. The Bertz CT molecular complexity index is 1260. The first kappa shape index (κ1) is 22.0. The minimum Gasteiger partial charge on any atom is -0.309 e. The van der Waals surface area contributed by atoms with Gasteiger partial charge in [0.2, 0.25) is 5.91 Å². The van der Waals surface area contributed by atoms with Crippen LogP contribution in [0.1, 0.15) is 35.6 Å². The monoisotopic (exact) mass is 451 g/mol. The molecular weight excluding hydrogens is 422 g/mol. The highest BCUT2D eigenvalue weighted by Crippen LogP contribution is 2.48. The molecule has 172 valence electrons. The van der Waals surface area contributed by atoms with Crippen LogP contribution >= 0.6 is 0 Å². The predicted octanol–water partition coefficient (Wildman–Crippen LogP) is 4.79. The van der Waals surface area contributed by atoms with Crippen LogP contribution in [0.25, 0.3) is 11.1 Å². The van der Waals surface area contributed by atoms with Crippen molar-refractivity contribution >= 4 is 11.7 Å². The van der Waals surface area contributed by atoms with Crippen molar-refractivity contribution in [2.75, 3.05) is 11.9 Å². The van der Waals surface area contributed by atoms with Gasteiger partial charge in [0.15, 0.2) is 0 Å². The topological polar surface area (TPSA) is 71.8 Å². The molecule has 0 saturated heterocycles. The summed E-state index contributed by atoms with van der Waals surface area (Å²) in [5.41, 5.74) is 5.58. The molecular formula is C28H29N5O. The van der Waals surface area contributed by atoms with E-state index < -0.39 is 6.04 Å². The molecule has 0 spiro atoms. The molecule has 0 radical (unpaired) electrons. The predicted molar refractivity (Wildman–Crippen MR) is 134 cm³/mol. The van der Waals surface area contributed by atoms with Crippen LogP contribution in [0.4, 0.5) is 5.82 Å². The summed E-state index contributed by atoms with van der Waals surface area (Å²) in [6, 6.07) is 21.9. The molecule has 2 N–H and O–H groups in total. The zero-order valence-electron chi connectivity index (χ0n) is 19.5. The lowest BCUT2D eigenvalue weighted by molar-refractivity contribution is -0.118. The van der Waals surface area contributed by atoms with Crippen molar-refractivity contribution in [1.82, 2.24) is 20.1 Å². The van der Waals surface area contributed by atoms with Gasteiger partial charge in [-0.15, -0.1) is 0 Å². The summed E-state index contributed by atoms with van der Waals surface area (Å²) in [5.74, 6) is 0.410. The van der Waals surface area contributed by atoms with Crippen LogP contribution in [0, 0.1) is 6.92 Å². The number of amides is 1. The van der Waals surface area contributed by atoms with Gasteiger partial charge in [-0.1, -0.05) is 60.2 Å². The molecule has 1 aliphatic rings. The maximum Gasteiger partial charge on any atom is 0.247 e. The molecule has 0 bridgehead atoms. The second kappa shape index (κ2) is 9.23. The molecule has 34 heavy (non-hydrogen) atoms. The molecule has 4 aromatic rings. The quantitative estimate of drug-likeness (QED) is 0.404. The molecule has 2 aromatic heterocycles. The molecule has 1 aliphatic carbocycles. The van der Waals surface area contributed by atoms with E-state index in [1.54, 1.807) is 17.1 Å². The highest BCUT2D eigenvalue weighted by Gasteiger charge is 2.44. The van der Waals surface area contributed by atoms with E-state index in [1.807, 2.05) is 55.7 Å². The zero-order chi connectivity index (χ0) is 23.5. The number of pyridine rings is 1. The van der Waals surface area contributed by atoms with Crippen LogP contribution in [0.15, 0.2) is 85.3 Å². The average molecular weight is 452 g/mol. The molecule has 2 aromatic carbocycles. The molecule has 1 atom stereocenters. The van der Waals surface area contributed by atoms with Crippen LogP contribution in [0.5, 0.6) is 0 Å². The van der Waals surface area contributed by atoms with E-state index >= 15 is 0 Å². The number of anilines is 1. The van der Waals surface area contributed by atoms with Gasteiger partial charge in [-0.25, -0.2) is 4.98 Å². The summed E-state index contributed by atoms with van der Waals surface area (Å²) in [6.45, 7) is 2.85. The first-order valence-corrected chi connectivity index (χ1v) is 11.6. The Kier molecular flexibility index (Phi) is 5.99. The minimum atomic E-state index is -0.469. The summed E-state index contributed by atoms with van der Waals surface area (Å²) in [5, 5.41) is 10.8. The van der Waals surface area contributed by atoms with Gasteiger partial charge in [-0.3, -0.25) is 9.48 Å². The average Bonchev–Trinajstić information content (AvgIpc) is 3.52. The third-order valence-corrected chi connectivity index (χ3v) is 6.61. The lowest BCUT2D eigenvalue weighted by Crippen LogP contribution is -2.37. The van der Waals surface area contributed by atoms with Crippen molar-refractivity contribution in [3.63, 3.8) is 0 Å². The van der Waals surface area contributed by atoms with Gasteiger partial charge in [0, 0.05) is 42.5 Å². The van der Waals surface area contributed by atoms with Crippen LogP contribution in [-0.4, -0.2) is 27.2 Å². The summed E-state index contributed by atoms with van der Waals surface area (Å²) in [4.78, 5) is 17.8. The largest absolute Gasteiger partial charge is 0.309 e. The SMILES string of the molecule is Cc1ccc(C2(CN[C@@H](C(=O)Nc3ccc(-c4cnn(C)c4)cn3)c3ccccc3)CC2)cc1. The maximum atomic E-state index is 13.4. The Hall–Kier alpha value is -3.77. The highest BCUT2D eigenvalue weighted by molar-refractivity contribution is 5.95.